The molecule has 0 bridgehead atoms. The number of nitro benzene ring substituents is 1. The minimum Gasteiger partial charge on any atom is -0.477 e. The fourth-order valence-corrected chi connectivity index (χ4v) is 2.67. The normalized spacial score (nSPS) is 12.1. The van der Waals surface area contributed by atoms with Crippen molar-refractivity contribution in [2.75, 3.05) is 12.0 Å². The fraction of sp³-hybridized carbons (Fsp3) is 0.462. The Balaban J connectivity index is 2.97. The van der Waals surface area contributed by atoms with E-state index in [4.69, 9.17) is 0 Å². The molecule has 0 aromatic heterocycles. The summed E-state index contributed by atoms with van der Waals surface area (Å²) >= 11 is 1.70. The third-order valence-corrected chi connectivity index (χ3v) is 3.72. The Labute approximate surface area is 121 Å². The Morgan fingerprint density at radius 3 is 2.75 bits per heavy atom. The van der Waals surface area contributed by atoms with E-state index in [0.29, 0.717) is 12.1 Å². The van der Waals surface area contributed by atoms with Crippen molar-refractivity contribution < 1.29 is 14.8 Å². The zero-order chi connectivity index (χ0) is 15.1. The molecule has 0 saturated heterocycles. The number of nitrogens with zero attached hydrogens (tertiary/aromatic N) is 1. The molecular weight excluding hydrogens is 280 g/mol. The van der Waals surface area contributed by atoms with Crippen LogP contribution in [0.3, 0.4) is 0 Å². The number of nitrogens with one attached hydrogen (secondary N) is 1. The smallest absolute Gasteiger partial charge is 0.343 e. The molecular formula is C13H18N2O4S. The van der Waals surface area contributed by atoms with Crippen molar-refractivity contribution >= 4 is 23.4 Å². The highest BCUT2D eigenvalue weighted by Gasteiger charge is 2.23. The van der Waals surface area contributed by atoms with E-state index in [1.54, 1.807) is 17.8 Å². The molecule has 0 fully saturated rings. The Kier molecular flexibility index (Phi) is 6.47. The van der Waals surface area contributed by atoms with Gasteiger partial charge in [-0.25, -0.2) is 4.79 Å². The number of nitro groups is 1. The van der Waals surface area contributed by atoms with E-state index < -0.39 is 10.9 Å². The van der Waals surface area contributed by atoms with Crippen molar-refractivity contribution in [2.24, 2.45) is 0 Å². The first-order valence-corrected chi connectivity index (χ1v) is 7.62. The summed E-state index contributed by atoms with van der Waals surface area (Å²) in [4.78, 5) is 21.5. The van der Waals surface area contributed by atoms with Gasteiger partial charge < -0.3 is 10.4 Å². The van der Waals surface area contributed by atoms with Crippen LogP contribution in [0.2, 0.25) is 0 Å². The largest absolute Gasteiger partial charge is 0.477 e. The lowest BCUT2D eigenvalue weighted by Crippen LogP contribution is -2.30. The van der Waals surface area contributed by atoms with Gasteiger partial charge in [0.15, 0.2) is 0 Å². The van der Waals surface area contributed by atoms with Gasteiger partial charge in [0, 0.05) is 24.4 Å². The van der Waals surface area contributed by atoms with Crippen LogP contribution in [0.1, 0.15) is 29.3 Å². The third-order valence-electron chi connectivity index (χ3n) is 2.98. The van der Waals surface area contributed by atoms with Crippen molar-refractivity contribution in [3.8, 4) is 0 Å². The van der Waals surface area contributed by atoms with Crippen LogP contribution in [0.15, 0.2) is 18.2 Å². The number of benzene rings is 1. The quantitative estimate of drug-likeness (QED) is 0.566. The predicted molar refractivity (Wildman–Crippen MR) is 79.4 cm³/mol. The molecule has 0 heterocycles. The molecule has 0 radical (unpaired) electrons. The summed E-state index contributed by atoms with van der Waals surface area (Å²) in [6.07, 6.45) is 2.92. The Morgan fingerprint density at radius 2 is 2.25 bits per heavy atom. The van der Waals surface area contributed by atoms with Crippen molar-refractivity contribution in [1.29, 1.82) is 0 Å². The molecule has 1 unspecified atom stereocenters. The minimum atomic E-state index is -1.27. The van der Waals surface area contributed by atoms with E-state index in [-0.39, 0.29) is 17.3 Å². The molecule has 0 aliphatic carbocycles. The van der Waals surface area contributed by atoms with Gasteiger partial charge in [0.1, 0.15) is 5.56 Å². The molecule has 0 aliphatic rings. The van der Waals surface area contributed by atoms with E-state index in [1.807, 2.05) is 13.2 Å². The molecule has 1 aromatic rings. The van der Waals surface area contributed by atoms with Gasteiger partial charge in [0.25, 0.3) is 5.69 Å². The monoisotopic (exact) mass is 298 g/mol. The lowest BCUT2D eigenvalue weighted by Gasteiger charge is -2.16. The van der Waals surface area contributed by atoms with Crippen molar-refractivity contribution in [3.05, 3.63) is 39.4 Å². The van der Waals surface area contributed by atoms with Crippen LogP contribution in [0.25, 0.3) is 0 Å². The summed E-state index contributed by atoms with van der Waals surface area (Å²) in [5, 5.41) is 23.3. The number of aromatic carboxylic acids is 1. The topological polar surface area (TPSA) is 92.5 Å². The first-order chi connectivity index (χ1) is 9.51. The standard InChI is InChI=1S/C13H18N2O4S/c1-3-10(8-20-2)14-7-9-5-4-6-11(15(18)19)12(9)13(16)17/h4-6,10,14H,3,7-8H2,1-2H3,(H,16,17). The van der Waals surface area contributed by atoms with Gasteiger partial charge in [-0.15, -0.1) is 0 Å². The zero-order valence-corrected chi connectivity index (χ0v) is 12.3. The van der Waals surface area contributed by atoms with Crippen LogP contribution in [0.5, 0.6) is 0 Å². The molecule has 20 heavy (non-hydrogen) atoms. The molecule has 0 saturated carbocycles. The SMILES string of the molecule is CCC(CSC)NCc1cccc([N+](=O)[O-])c1C(=O)O. The number of carboxylic acid groups (broad SMARTS) is 1. The molecule has 110 valence electrons. The molecule has 0 aliphatic heterocycles. The molecule has 1 aromatic carbocycles. The highest BCUT2D eigenvalue weighted by atomic mass is 32.2. The summed E-state index contributed by atoms with van der Waals surface area (Å²) in [5.74, 6) is -0.361. The average molecular weight is 298 g/mol. The molecule has 2 N–H and O–H groups in total. The summed E-state index contributed by atoms with van der Waals surface area (Å²) in [6, 6.07) is 4.59. The van der Waals surface area contributed by atoms with E-state index in [1.165, 1.54) is 12.1 Å². The Bertz CT molecular complexity index is 493. The van der Waals surface area contributed by atoms with Gasteiger partial charge in [-0.1, -0.05) is 19.1 Å². The van der Waals surface area contributed by atoms with Gasteiger partial charge in [-0.05, 0) is 18.2 Å². The first kappa shape index (κ1) is 16.5. The van der Waals surface area contributed by atoms with E-state index in [2.05, 4.69) is 5.32 Å². The van der Waals surface area contributed by atoms with Gasteiger partial charge in [-0.2, -0.15) is 11.8 Å². The summed E-state index contributed by atoms with van der Waals surface area (Å²) in [5.41, 5.74) is -0.162. The third kappa shape index (κ3) is 4.21. The van der Waals surface area contributed by atoms with Crippen LogP contribution in [0, 0.1) is 10.1 Å². The molecule has 1 atom stereocenters. The average Bonchev–Trinajstić information content (AvgIpc) is 2.42. The molecule has 6 nitrogen and oxygen atoms in total. The molecule has 0 spiro atoms. The van der Waals surface area contributed by atoms with E-state index >= 15 is 0 Å². The number of hydrogen-bond donors (Lipinski definition) is 2. The maximum Gasteiger partial charge on any atom is 0.343 e. The molecule has 1 rings (SSSR count). The highest BCUT2D eigenvalue weighted by Crippen LogP contribution is 2.22. The van der Waals surface area contributed by atoms with Crippen molar-refractivity contribution in [2.45, 2.75) is 25.9 Å². The Morgan fingerprint density at radius 1 is 1.55 bits per heavy atom. The molecule has 7 heteroatoms. The minimum absolute atomic E-state index is 0.232. The fourth-order valence-electron chi connectivity index (χ4n) is 1.91. The zero-order valence-electron chi connectivity index (χ0n) is 11.5. The number of hydrogen-bond acceptors (Lipinski definition) is 5. The lowest BCUT2D eigenvalue weighted by atomic mass is 10.0. The van der Waals surface area contributed by atoms with E-state index in [0.717, 1.165) is 12.2 Å². The van der Waals surface area contributed by atoms with Gasteiger partial charge >= 0.3 is 5.97 Å². The maximum atomic E-state index is 11.3. The predicted octanol–water partition coefficient (Wildman–Crippen LogP) is 2.52. The molecule has 0 amide bonds. The first-order valence-electron chi connectivity index (χ1n) is 6.23. The van der Waals surface area contributed by atoms with Gasteiger partial charge in [-0.3, -0.25) is 10.1 Å². The summed E-state index contributed by atoms with van der Waals surface area (Å²) < 4.78 is 0. The number of rotatable bonds is 8. The van der Waals surface area contributed by atoms with Gasteiger partial charge in [0.05, 0.1) is 4.92 Å². The van der Waals surface area contributed by atoms with Crippen LogP contribution < -0.4 is 5.32 Å². The summed E-state index contributed by atoms with van der Waals surface area (Å²) in [7, 11) is 0. The van der Waals surface area contributed by atoms with Crippen molar-refractivity contribution in [1.82, 2.24) is 5.32 Å². The lowest BCUT2D eigenvalue weighted by molar-refractivity contribution is -0.385. The van der Waals surface area contributed by atoms with Crippen LogP contribution in [-0.2, 0) is 6.54 Å². The Hall–Kier alpha value is -1.60. The second kappa shape index (κ2) is 7.86. The summed E-state index contributed by atoms with van der Waals surface area (Å²) in [6.45, 7) is 2.35. The number of carboxylic acids is 1. The highest BCUT2D eigenvalue weighted by molar-refractivity contribution is 7.98. The number of carbonyl (C=O) groups is 1. The van der Waals surface area contributed by atoms with Crippen LogP contribution >= 0.6 is 11.8 Å². The van der Waals surface area contributed by atoms with Gasteiger partial charge in [0.2, 0.25) is 0 Å². The second-order valence-corrected chi connectivity index (χ2v) is 5.23. The van der Waals surface area contributed by atoms with Crippen molar-refractivity contribution in [3.63, 3.8) is 0 Å². The number of thioether (sulfide) groups is 1. The second-order valence-electron chi connectivity index (χ2n) is 4.31. The maximum absolute atomic E-state index is 11.3. The van der Waals surface area contributed by atoms with Crippen LogP contribution in [0.4, 0.5) is 5.69 Å². The van der Waals surface area contributed by atoms with Crippen LogP contribution in [-0.4, -0.2) is 34.0 Å². The van der Waals surface area contributed by atoms with E-state index in [9.17, 15) is 20.0 Å².